The van der Waals surface area contributed by atoms with Gasteiger partial charge in [-0.15, -0.1) is 0 Å². The molecule has 0 bridgehead atoms. The Morgan fingerprint density at radius 1 is 1.83 bits per heavy atom. The van der Waals surface area contributed by atoms with Crippen LogP contribution in [0.5, 0.6) is 0 Å². The number of aliphatic carboxylic acids is 1. The van der Waals surface area contributed by atoms with Crippen LogP contribution in [0.25, 0.3) is 0 Å². The number of hydrogen-bond acceptors (Lipinski definition) is 3. The lowest BCUT2D eigenvalue weighted by molar-refractivity contribution is -0.149. The fraction of sp³-hybridized carbons (Fsp3) is 0.429. The second-order valence-corrected chi connectivity index (χ2v) is 2.38. The highest BCUT2D eigenvalue weighted by Crippen LogP contribution is 2.14. The summed E-state index contributed by atoms with van der Waals surface area (Å²) in [5.41, 5.74) is 0.532. The van der Waals surface area contributed by atoms with Gasteiger partial charge in [-0.05, 0) is 0 Å². The highest BCUT2D eigenvalue weighted by Gasteiger charge is 2.21. The molecule has 0 aliphatic heterocycles. The summed E-state index contributed by atoms with van der Waals surface area (Å²) in [6.07, 6.45) is 2.07. The molecule has 0 spiro atoms. The van der Waals surface area contributed by atoms with Gasteiger partial charge in [0.2, 0.25) is 0 Å². The largest absolute Gasteiger partial charge is 0.479 e. The first kappa shape index (κ1) is 8.73. The lowest BCUT2D eigenvalue weighted by Crippen LogP contribution is -2.16. The summed E-state index contributed by atoms with van der Waals surface area (Å²) in [5.74, 6) is -1.01. The number of aryl methyl sites for hydroxylation is 1. The van der Waals surface area contributed by atoms with Crippen LogP contribution in [-0.4, -0.2) is 27.7 Å². The molecule has 0 amide bonds. The number of rotatable bonds is 3. The Labute approximate surface area is 69.6 Å². The predicted molar refractivity (Wildman–Crippen MR) is 40.6 cm³/mol. The summed E-state index contributed by atoms with van der Waals surface area (Å²) in [7, 11) is 3.07. The quantitative estimate of drug-likeness (QED) is 0.703. The Kier molecular flexibility index (Phi) is 2.44. The number of hydrogen-bond donors (Lipinski definition) is 1. The van der Waals surface area contributed by atoms with Crippen molar-refractivity contribution in [2.24, 2.45) is 7.05 Å². The van der Waals surface area contributed by atoms with E-state index < -0.39 is 12.1 Å². The summed E-state index contributed by atoms with van der Waals surface area (Å²) in [6, 6.07) is 0. The van der Waals surface area contributed by atoms with E-state index in [2.05, 4.69) is 4.98 Å². The number of carboxylic acid groups (broad SMARTS) is 1. The van der Waals surface area contributed by atoms with Crippen molar-refractivity contribution in [3.8, 4) is 0 Å². The zero-order valence-electron chi connectivity index (χ0n) is 6.89. The average Bonchev–Trinajstić information content (AvgIpc) is 2.38. The van der Waals surface area contributed by atoms with E-state index in [9.17, 15) is 4.79 Å². The smallest absolute Gasteiger partial charge is 0.339 e. The van der Waals surface area contributed by atoms with Crippen molar-refractivity contribution in [1.29, 1.82) is 0 Å². The lowest BCUT2D eigenvalue weighted by atomic mass is 10.3. The number of ether oxygens (including phenoxy) is 1. The summed E-state index contributed by atoms with van der Waals surface area (Å²) in [4.78, 5) is 14.4. The monoisotopic (exact) mass is 170 g/mol. The molecular formula is C7H10N2O3. The molecule has 5 nitrogen and oxygen atoms in total. The van der Waals surface area contributed by atoms with Crippen molar-refractivity contribution in [2.45, 2.75) is 6.10 Å². The van der Waals surface area contributed by atoms with Gasteiger partial charge in [-0.1, -0.05) is 0 Å². The van der Waals surface area contributed by atoms with Crippen molar-refractivity contribution < 1.29 is 14.6 Å². The van der Waals surface area contributed by atoms with Crippen LogP contribution in [0, 0.1) is 0 Å². The Hall–Kier alpha value is -1.36. The molecule has 1 aromatic heterocycles. The molecule has 0 unspecified atom stereocenters. The fourth-order valence-electron chi connectivity index (χ4n) is 0.968. The minimum absolute atomic E-state index is 0.532. The van der Waals surface area contributed by atoms with Crippen LogP contribution in [0.1, 0.15) is 11.8 Å². The van der Waals surface area contributed by atoms with Gasteiger partial charge in [0.15, 0.2) is 6.10 Å². The third kappa shape index (κ3) is 1.45. The maximum absolute atomic E-state index is 10.6. The number of nitrogens with zero attached hydrogens (tertiary/aromatic N) is 2. The van der Waals surface area contributed by atoms with Gasteiger partial charge in [0, 0.05) is 14.2 Å². The van der Waals surface area contributed by atoms with Crippen molar-refractivity contribution in [3.63, 3.8) is 0 Å². The van der Waals surface area contributed by atoms with E-state index in [0.717, 1.165) is 0 Å². The summed E-state index contributed by atoms with van der Waals surface area (Å²) in [5, 5.41) is 8.70. The molecule has 1 heterocycles. The minimum Gasteiger partial charge on any atom is -0.479 e. The van der Waals surface area contributed by atoms with Crippen molar-refractivity contribution >= 4 is 5.97 Å². The SMILES string of the molecule is CO[C@H](C(=O)O)c1cncn1C. The van der Waals surface area contributed by atoms with Gasteiger partial charge in [0.05, 0.1) is 18.2 Å². The van der Waals surface area contributed by atoms with E-state index in [0.29, 0.717) is 5.69 Å². The van der Waals surface area contributed by atoms with Crippen LogP contribution in [0.4, 0.5) is 0 Å². The normalized spacial score (nSPS) is 12.8. The first-order chi connectivity index (χ1) is 5.66. The van der Waals surface area contributed by atoms with E-state index in [4.69, 9.17) is 9.84 Å². The average molecular weight is 170 g/mol. The second kappa shape index (κ2) is 3.36. The zero-order valence-corrected chi connectivity index (χ0v) is 6.89. The van der Waals surface area contributed by atoms with Crippen LogP contribution in [0.3, 0.4) is 0 Å². The molecule has 1 N–H and O–H groups in total. The van der Waals surface area contributed by atoms with Gasteiger partial charge in [-0.2, -0.15) is 0 Å². The molecule has 0 radical (unpaired) electrons. The standard InChI is InChI=1S/C7H10N2O3/c1-9-4-8-3-5(9)6(12-2)7(10)11/h3-4,6H,1-2H3,(H,10,11)/t6-/m0/s1. The molecule has 0 fully saturated rings. The van der Waals surface area contributed by atoms with Crippen LogP contribution >= 0.6 is 0 Å². The third-order valence-corrected chi connectivity index (χ3v) is 1.58. The molecule has 0 aliphatic rings. The number of carbonyl (C=O) groups is 1. The molecule has 12 heavy (non-hydrogen) atoms. The fourth-order valence-corrected chi connectivity index (χ4v) is 0.968. The van der Waals surface area contributed by atoms with Gasteiger partial charge >= 0.3 is 5.97 Å². The molecular weight excluding hydrogens is 160 g/mol. The second-order valence-electron chi connectivity index (χ2n) is 2.38. The topological polar surface area (TPSA) is 64.3 Å². The molecule has 0 saturated carbocycles. The van der Waals surface area contributed by atoms with Crippen molar-refractivity contribution in [3.05, 3.63) is 18.2 Å². The maximum Gasteiger partial charge on any atom is 0.339 e. The molecule has 66 valence electrons. The zero-order chi connectivity index (χ0) is 9.14. The molecule has 0 aliphatic carbocycles. The van der Waals surface area contributed by atoms with E-state index in [-0.39, 0.29) is 0 Å². The van der Waals surface area contributed by atoms with E-state index >= 15 is 0 Å². The summed E-state index contributed by atoms with van der Waals surface area (Å²) >= 11 is 0. The molecule has 1 rings (SSSR count). The van der Waals surface area contributed by atoms with Crippen LogP contribution in [0.2, 0.25) is 0 Å². The highest BCUT2D eigenvalue weighted by molar-refractivity contribution is 5.73. The number of carboxylic acids is 1. The maximum atomic E-state index is 10.6. The summed E-state index contributed by atoms with van der Waals surface area (Å²) in [6.45, 7) is 0. The van der Waals surface area contributed by atoms with E-state index in [1.165, 1.54) is 19.6 Å². The summed E-state index contributed by atoms with van der Waals surface area (Å²) < 4.78 is 6.39. The van der Waals surface area contributed by atoms with E-state index in [1.807, 2.05) is 0 Å². The van der Waals surface area contributed by atoms with Gasteiger partial charge < -0.3 is 14.4 Å². The van der Waals surface area contributed by atoms with Crippen LogP contribution in [-0.2, 0) is 16.6 Å². The Morgan fingerprint density at radius 3 is 2.83 bits per heavy atom. The first-order valence-corrected chi connectivity index (χ1v) is 3.38. The highest BCUT2D eigenvalue weighted by atomic mass is 16.5. The first-order valence-electron chi connectivity index (χ1n) is 3.38. The van der Waals surface area contributed by atoms with Crippen LogP contribution < -0.4 is 0 Å². The number of imidazole rings is 1. The predicted octanol–water partition coefficient (Wildman–Crippen LogP) is 0.192. The Bertz CT molecular complexity index is 282. The van der Waals surface area contributed by atoms with Gasteiger partial charge in [0.25, 0.3) is 0 Å². The molecule has 0 saturated heterocycles. The minimum atomic E-state index is -1.01. The van der Waals surface area contributed by atoms with Crippen LogP contribution in [0.15, 0.2) is 12.5 Å². The van der Waals surface area contributed by atoms with Crippen molar-refractivity contribution in [1.82, 2.24) is 9.55 Å². The number of aromatic nitrogens is 2. The van der Waals surface area contributed by atoms with Gasteiger partial charge in [-0.25, -0.2) is 9.78 Å². The molecule has 0 aromatic carbocycles. The van der Waals surface area contributed by atoms with Gasteiger partial charge in [0.1, 0.15) is 0 Å². The van der Waals surface area contributed by atoms with Gasteiger partial charge in [-0.3, -0.25) is 0 Å². The van der Waals surface area contributed by atoms with E-state index in [1.54, 1.807) is 11.6 Å². The molecule has 1 atom stereocenters. The molecule has 5 heteroatoms. The lowest BCUT2D eigenvalue weighted by Gasteiger charge is -2.09. The Balaban J connectivity index is 2.94. The molecule has 1 aromatic rings. The van der Waals surface area contributed by atoms with Crippen molar-refractivity contribution in [2.75, 3.05) is 7.11 Å². The third-order valence-electron chi connectivity index (χ3n) is 1.58. The Morgan fingerprint density at radius 2 is 2.50 bits per heavy atom. The number of methoxy groups -OCH3 is 1.